The standard InChI is InChI=1S/C22H27N3O4S2/c1-5-29-17-11-9-16(10-12-17)15-20(26)25(14-13-24(2)3)22-23-21-18(30-22)7-6-8-19(21)31(4,27)28/h6-12H,5,13-15H2,1-4H3. The number of benzene rings is 2. The van der Waals surface area contributed by atoms with Crippen molar-refractivity contribution in [3.8, 4) is 5.75 Å². The molecule has 31 heavy (non-hydrogen) atoms. The summed E-state index contributed by atoms with van der Waals surface area (Å²) in [5.74, 6) is 0.675. The molecule has 1 amide bonds. The Balaban J connectivity index is 1.92. The highest BCUT2D eigenvalue weighted by atomic mass is 32.2. The number of carbonyl (C=O) groups is 1. The van der Waals surface area contributed by atoms with Crippen molar-refractivity contribution >= 4 is 42.4 Å². The number of amides is 1. The van der Waals surface area contributed by atoms with E-state index in [4.69, 9.17) is 4.74 Å². The minimum atomic E-state index is -3.42. The molecule has 1 aromatic heterocycles. The summed E-state index contributed by atoms with van der Waals surface area (Å²) in [5.41, 5.74) is 1.29. The van der Waals surface area contributed by atoms with Crippen LogP contribution >= 0.6 is 11.3 Å². The van der Waals surface area contributed by atoms with E-state index in [1.54, 1.807) is 17.0 Å². The maximum Gasteiger partial charge on any atom is 0.233 e. The molecule has 0 spiro atoms. The Kier molecular flexibility index (Phi) is 7.30. The summed E-state index contributed by atoms with van der Waals surface area (Å²) in [5, 5.41) is 0.504. The second-order valence-corrected chi connectivity index (χ2v) is 10.5. The first kappa shape index (κ1) is 23.2. The molecule has 3 aromatic rings. The van der Waals surface area contributed by atoms with E-state index in [9.17, 15) is 13.2 Å². The summed E-state index contributed by atoms with van der Waals surface area (Å²) in [4.78, 5) is 21.6. The van der Waals surface area contributed by atoms with Gasteiger partial charge in [-0.1, -0.05) is 29.5 Å². The van der Waals surface area contributed by atoms with Crippen LogP contribution in [0.5, 0.6) is 5.75 Å². The first-order valence-corrected chi connectivity index (χ1v) is 12.7. The van der Waals surface area contributed by atoms with Crippen molar-refractivity contribution in [1.29, 1.82) is 0 Å². The Morgan fingerprint density at radius 2 is 1.81 bits per heavy atom. The highest BCUT2D eigenvalue weighted by molar-refractivity contribution is 7.91. The van der Waals surface area contributed by atoms with Crippen molar-refractivity contribution in [2.45, 2.75) is 18.2 Å². The highest BCUT2D eigenvalue weighted by Crippen LogP contribution is 2.33. The average Bonchev–Trinajstić information content (AvgIpc) is 3.12. The molecule has 0 fully saturated rings. The highest BCUT2D eigenvalue weighted by Gasteiger charge is 2.22. The van der Waals surface area contributed by atoms with Gasteiger partial charge in [0.1, 0.15) is 11.3 Å². The van der Waals surface area contributed by atoms with Crippen molar-refractivity contribution in [2.75, 3.05) is 44.9 Å². The Hall–Kier alpha value is -2.49. The van der Waals surface area contributed by atoms with Crippen molar-refractivity contribution in [2.24, 2.45) is 0 Å². The summed E-state index contributed by atoms with van der Waals surface area (Å²) < 4.78 is 30.5. The zero-order chi connectivity index (χ0) is 22.6. The molecule has 1 heterocycles. The number of nitrogens with zero attached hydrogens (tertiary/aromatic N) is 3. The fraction of sp³-hybridized carbons (Fsp3) is 0.364. The van der Waals surface area contributed by atoms with E-state index < -0.39 is 9.84 Å². The quantitative estimate of drug-likeness (QED) is 0.487. The van der Waals surface area contributed by atoms with E-state index in [-0.39, 0.29) is 17.2 Å². The van der Waals surface area contributed by atoms with Gasteiger partial charge in [-0.25, -0.2) is 13.4 Å². The summed E-state index contributed by atoms with van der Waals surface area (Å²) in [7, 11) is 0.455. The summed E-state index contributed by atoms with van der Waals surface area (Å²) >= 11 is 1.33. The zero-order valence-corrected chi connectivity index (χ0v) is 19.8. The van der Waals surface area contributed by atoms with E-state index in [2.05, 4.69) is 4.98 Å². The summed E-state index contributed by atoms with van der Waals surface area (Å²) in [6, 6.07) is 12.5. The molecule has 166 valence electrons. The van der Waals surface area contributed by atoms with Crippen molar-refractivity contribution in [3.05, 3.63) is 48.0 Å². The van der Waals surface area contributed by atoms with Crippen LogP contribution in [0.2, 0.25) is 0 Å². The first-order chi connectivity index (χ1) is 14.7. The normalized spacial score (nSPS) is 11.8. The number of anilines is 1. The third-order valence-corrected chi connectivity index (χ3v) is 6.83. The van der Waals surface area contributed by atoms with Crippen LogP contribution in [0.1, 0.15) is 12.5 Å². The van der Waals surface area contributed by atoms with Crippen molar-refractivity contribution in [3.63, 3.8) is 0 Å². The molecule has 0 saturated heterocycles. The molecule has 0 saturated carbocycles. The van der Waals surface area contributed by atoms with Gasteiger partial charge in [0.25, 0.3) is 0 Å². The molecule has 0 radical (unpaired) electrons. The van der Waals surface area contributed by atoms with Gasteiger partial charge in [-0.2, -0.15) is 0 Å². The third-order valence-electron chi connectivity index (χ3n) is 4.66. The minimum absolute atomic E-state index is 0.0917. The van der Waals surface area contributed by atoms with Crippen LogP contribution in [0.3, 0.4) is 0 Å². The molecule has 2 aromatic carbocycles. The molecule has 0 atom stereocenters. The van der Waals surface area contributed by atoms with Gasteiger partial charge < -0.3 is 9.64 Å². The minimum Gasteiger partial charge on any atom is -0.494 e. The maximum atomic E-state index is 13.2. The van der Waals surface area contributed by atoms with Gasteiger partial charge in [0.05, 0.1) is 22.6 Å². The molecule has 0 aliphatic carbocycles. The molecular weight excluding hydrogens is 434 g/mol. The van der Waals surface area contributed by atoms with Crippen LogP contribution in [0.25, 0.3) is 10.2 Å². The summed E-state index contributed by atoms with van der Waals surface area (Å²) in [6.07, 6.45) is 1.39. The molecule has 0 aliphatic heterocycles. The fourth-order valence-electron chi connectivity index (χ4n) is 3.09. The molecule has 0 bridgehead atoms. The van der Waals surface area contributed by atoms with Crippen LogP contribution in [-0.2, 0) is 21.1 Å². The Morgan fingerprint density at radius 3 is 2.42 bits per heavy atom. The SMILES string of the molecule is CCOc1ccc(CC(=O)N(CCN(C)C)c2nc3c(S(C)(=O)=O)cccc3s2)cc1. The van der Waals surface area contributed by atoms with Crippen molar-refractivity contribution in [1.82, 2.24) is 9.88 Å². The largest absolute Gasteiger partial charge is 0.494 e. The fourth-order valence-corrected chi connectivity index (χ4v) is 5.03. The molecular formula is C22H27N3O4S2. The van der Waals surface area contributed by atoms with Gasteiger partial charge in [-0.05, 0) is 50.8 Å². The predicted octanol–water partition coefficient (Wildman–Crippen LogP) is 3.24. The lowest BCUT2D eigenvalue weighted by Gasteiger charge is -2.22. The van der Waals surface area contributed by atoms with Crippen LogP contribution in [0, 0.1) is 0 Å². The lowest BCUT2D eigenvalue weighted by Crippen LogP contribution is -2.37. The number of carbonyl (C=O) groups excluding carboxylic acids is 1. The van der Waals surface area contributed by atoms with E-state index >= 15 is 0 Å². The number of hydrogen-bond acceptors (Lipinski definition) is 7. The predicted molar refractivity (Wildman–Crippen MR) is 125 cm³/mol. The molecule has 9 heteroatoms. The lowest BCUT2D eigenvalue weighted by atomic mass is 10.1. The number of para-hydroxylation sites is 1. The van der Waals surface area contributed by atoms with Crippen LogP contribution in [0.15, 0.2) is 47.4 Å². The number of likely N-dealkylation sites (N-methyl/N-ethyl adjacent to an activating group) is 1. The number of aromatic nitrogens is 1. The first-order valence-electron chi connectivity index (χ1n) is 9.95. The number of ether oxygens (including phenoxy) is 1. The second kappa shape index (κ2) is 9.76. The number of sulfone groups is 1. The lowest BCUT2D eigenvalue weighted by molar-refractivity contribution is -0.118. The molecule has 7 nitrogen and oxygen atoms in total. The molecule has 0 aliphatic rings. The Labute approximate surface area is 187 Å². The van der Waals surface area contributed by atoms with E-state index in [1.165, 1.54) is 17.6 Å². The number of hydrogen-bond donors (Lipinski definition) is 0. The van der Waals surface area contributed by atoms with Gasteiger partial charge >= 0.3 is 0 Å². The monoisotopic (exact) mass is 461 g/mol. The topological polar surface area (TPSA) is 79.8 Å². The molecule has 0 N–H and O–H groups in total. The molecule has 3 rings (SSSR count). The second-order valence-electron chi connectivity index (χ2n) is 7.47. The maximum absolute atomic E-state index is 13.2. The summed E-state index contributed by atoms with van der Waals surface area (Å²) in [6.45, 7) is 3.62. The average molecular weight is 462 g/mol. The van der Waals surface area contributed by atoms with Crippen LogP contribution in [-0.4, -0.2) is 64.3 Å². The van der Waals surface area contributed by atoms with E-state index in [0.717, 1.165) is 16.0 Å². The van der Waals surface area contributed by atoms with Crippen molar-refractivity contribution < 1.29 is 17.9 Å². The van der Waals surface area contributed by atoms with Gasteiger partial charge in [0, 0.05) is 19.3 Å². The van der Waals surface area contributed by atoms with Gasteiger partial charge in [-0.3, -0.25) is 9.69 Å². The van der Waals surface area contributed by atoms with E-state index in [1.807, 2.05) is 56.3 Å². The number of fused-ring (bicyclic) bond motifs is 1. The van der Waals surface area contributed by atoms with Gasteiger partial charge in [0.15, 0.2) is 15.0 Å². The smallest absolute Gasteiger partial charge is 0.233 e. The zero-order valence-electron chi connectivity index (χ0n) is 18.2. The Bertz CT molecular complexity index is 1160. The number of thiazole rings is 1. The van der Waals surface area contributed by atoms with E-state index in [0.29, 0.717) is 30.3 Å². The molecule has 0 unspecified atom stereocenters. The van der Waals surface area contributed by atoms with Gasteiger partial charge in [0.2, 0.25) is 5.91 Å². The van der Waals surface area contributed by atoms with Gasteiger partial charge in [-0.15, -0.1) is 0 Å². The third kappa shape index (κ3) is 5.81. The van der Waals surface area contributed by atoms with Crippen LogP contribution in [0.4, 0.5) is 5.13 Å². The Morgan fingerprint density at radius 1 is 1.10 bits per heavy atom. The number of rotatable bonds is 9. The van der Waals surface area contributed by atoms with Crippen LogP contribution < -0.4 is 9.64 Å².